The molecule has 0 spiro atoms. The van der Waals surface area contributed by atoms with Gasteiger partial charge in [-0.05, 0) is 48.9 Å². The molecular weight excluding hydrogens is 434 g/mol. The first-order valence-corrected chi connectivity index (χ1v) is 11.0. The van der Waals surface area contributed by atoms with Gasteiger partial charge in [0, 0.05) is 16.8 Å². The normalized spacial score (nSPS) is 11.4. The monoisotopic (exact) mass is 455 g/mol. The number of ether oxygens (including phenoxy) is 1. The Hall–Kier alpha value is -3.03. The molecule has 2 amide bonds. The Bertz CT molecular complexity index is 1020. The summed E-state index contributed by atoms with van der Waals surface area (Å²) in [7, 11) is 0. The summed E-state index contributed by atoms with van der Waals surface area (Å²) in [4.78, 5) is 29.8. The van der Waals surface area contributed by atoms with E-state index in [4.69, 9.17) is 16.3 Å². The van der Waals surface area contributed by atoms with E-state index < -0.39 is 0 Å². The van der Waals surface area contributed by atoms with Gasteiger partial charge in [0.2, 0.25) is 5.91 Å². The number of nitrogens with zero attached hydrogens (tertiary/aromatic N) is 1. The highest BCUT2D eigenvalue weighted by Crippen LogP contribution is 2.28. The highest BCUT2D eigenvalue weighted by molar-refractivity contribution is 8.00. The summed E-state index contributed by atoms with van der Waals surface area (Å²) in [6.45, 7) is 1.86. The molecule has 1 aromatic heterocycles. The van der Waals surface area contributed by atoms with Gasteiger partial charge >= 0.3 is 0 Å². The Labute approximate surface area is 190 Å². The van der Waals surface area contributed by atoms with Crippen molar-refractivity contribution in [3.05, 3.63) is 77.9 Å². The van der Waals surface area contributed by atoms with Crippen LogP contribution < -0.4 is 15.4 Å². The fourth-order valence-electron chi connectivity index (χ4n) is 2.65. The van der Waals surface area contributed by atoms with E-state index in [0.717, 1.165) is 4.90 Å². The van der Waals surface area contributed by atoms with Gasteiger partial charge in [-0.2, -0.15) is 0 Å². The maximum absolute atomic E-state index is 12.6. The molecule has 160 valence electrons. The zero-order valence-electron chi connectivity index (χ0n) is 16.9. The molecular formula is C23H22ClN3O3S. The molecule has 0 fully saturated rings. The van der Waals surface area contributed by atoms with Crippen LogP contribution in [0.5, 0.6) is 5.75 Å². The number of nitrogens with one attached hydrogen (secondary N) is 2. The summed E-state index contributed by atoms with van der Waals surface area (Å²) in [5.74, 6) is 0.680. The first kappa shape index (κ1) is 22.7. The average molecular weight is 456 g/mol. The summed E-state index contributed by atoms with van der Waals surface area (Å²) >= 11 is 7.25. The molecule has 0 saturated heterocycles. The van der Waals surface area contributed by atoms with Crippen molar-refractivity contribution >= 4 is 46.7 Å². The van der Waals surface area contributed by atoms with E-state index in [1.807, 2.05) is 43.3 Å². The zero-order chi connectivity index (χ0) is 22.1. The van der Waals surface area contributed by atoms with Crippen LogP contribution in [0.15, 0.2) is 77.8 Å². The van der Waals surface area contributed by atoms with Gasteiger partial charge in [0.05, 0.1) is 10.3 Å². The Morgan fingerprint density at radius 1 is 1.06 bits per heavy atom. The van der Waals surface area contributed by atoms with Gasteiger partial charge in [0.15, 0.2) is 6.61 Å². The molecule has 0 aliphatic heterocycles. The summed E-state index contributed by atoms with van der Waals surface area (Å²) < 4.78 is 5.46. The van der Waals surface area contributed by atoms with E-state index in [1.54, 1.807) is 30.3 Å². The molecule has 1 atom stereocenters. The lowest BCUT2D eigenvalue weighted by molar-refractivity contribution is -0.118. The van der Waals surface area contributed by atoms with Gasteiger partial charge < -0.3 is 15.4 Å². The molecule has 0 aliphatic rings. The zero-order valence-corrected chi connectivity index (χ0v) is 18.5. The van der Waals surface area contributed by atoms with Crippen molar-refractivity contribution < 1.29 is 14.3 Å². The van der Waals surface area contributed by atoms with E-state index in [2.05, 4.69) is 15.6 Å². The summed E-state index contributed by atoms with van der Waals surface area (Å²) in [5.41, 5.74) is 0.640. The van der Waals surface area contributed by atoms with E-state index in [-0.39, 0.29) is 23.7 Å². The number of thioether (sulfide) groups is 1. The number of anilines is 2. The Balaban J connectivity index is 1.56. The van der Waals surface area contributed by atoms with E-state index in [0.29, 0.717) is 28.7 Å². The lowest BCUT2D eigenvalue weighted by Crippen LogP contribution is -2.25. The first-order valence-electron chi connectivity index (χ1n) is 9.70. The number of hydrogen-bond donors (Lipinski definition) is 2. The standard InChI is InChI=1S/C23H22ClN3O3S/c1-2-20(23(29)27-21-12-11-16(24)14-25-21)31-19-10-6-7-17(13-19)26-22(28)15-30-18-8-4-3-5-9-18/h3-14,20H,2,15H2,1H3,(H,26,28)(H,25,27,29). The molecule has 1 unspecified atom stereocenters. The van der Waals surface area contributed by atoms with Crippen LogP contribution in [0.1, 0.15) is 13.3 Å². The van der Waals surface area contributed by atoms with Crippen LogP contribution in [0.25, 0.3) is 0 Å². The highest BCUT2D eigenvalue weighted by Gasteiger charge is 2.19. The number of halogens is 1. The number of benzene rings is 2. The SMILES string of the molecule is CCC(Sc1cccc(NC(=O)COc2ccccc2)c1)C(=O)Nc1ccc(Cl)cn1. The van der Waals surface area contributed by atoms with Gasteiger partial charge in [-0.1, -0.05) is 42.8 Å². The van der Waals surface area contributed by atoms with E-state index in [9.17, 15) is 9.59 Å². The molecule has 2 aromatic carbocycles. The number of pyridine rings is 1. The van der Waals surface area contributed by atoms with E-state index in [1.165, 1.54) is 18.0 Å². The fraction of sp³-hybridized carbons (Fsp3) is 0.174. The van der Waals surface area contributed by atoms with Crippen molar-refractivity contribution in [1.29, 1.82) is 0 Å². The van der Waals surface area contributed by atoms with Crippen molar-refractivity contribution in [2.75, 3.05) is 17.2 Å². The number of rotatable bonds is 9. The number of carbonyl (C=O) groups excluding carboxylic acids is 2. The third-order valence-electron chi connectivity index (χ3n) is 4.15. The Morgan fingerprint density at radius 2 is 1.87 bits per heavy atom. The van der Waals surface area contributed by atoms with Crippen LogP contribution in [0, 0.1) is 0 Å². The quantitative estimate of drug-likeness (QED) is 0.430. The van der Waals surface area contributed by atoms with Crippen molar-refractivity contribution in [2.24, 2.45) is 0 Å². The molecule has 0 bridgehead atoms. The molecule has 3 aromatic rings. The van der Waals surface area contributed by atoms with Crippen LogP contribution in [0.3, 0.4) is 0 Å². The van der Waals surface area contributed by atoms with Crippen LogP contribution in [0.4, 0.5) is 11.5 Å². The lowest BCUT2D eigenvalue weighted by Gasteiger charge is -2.15. The van der Waals surface area contributed by atoms with Gasteiger partial charge in [-0.25, -0.2) is 4.98 Å². The second kappa shape index (κ2) is 11.4. The Kier molecular flexibility index (Phi) is 8.32. The fourth-order valence-corrected chi connectivity index (χ4v) is 3.78. The smallest absolute Gasteiger partial charge is 0.262 e. The predicted octanol–water partition coefficient (Wildman–Crippen LogP) is 5.26. The molecule has 1 heterocycles. The third kappa shape index (κ3) is 7.31. The molecule has 2 N–H and O–H groups in total. The predicted molar refractivity (Wildman–Crippen MR) is 125 cm³/mol. The van der Waals surface area contributed by atoms with Crippen molar-refractivity contribution in [3.8, 4) is 5.75 Å². The van der Waals surface area contributed by atoms with Gasteiger partial charge in [-0.3, -0.25) is 9.59 Å². The second-order valence-electron chi connectivity index (χ2n) is 6.54. The van der Waals surface area contributed by atoms with Crippen LogP contribution in [-0.2, 0) is 9.59 Å². The minimum absolute atomic E-state index is 0.0878. The number of hydrogen-bond acceptors (Lipinski definition) is 5. The van der Waals surface area contributed by atoms with Crippen molar-refractivity contribution in [1.82, 2.24) is 4.98 Å². The molecule has 8 heteroatoms. The van der Waals surface area contributed by atoms with Gasteiger partial charge in [-0.15, -0.1) is 11.8 Å². The lowest BCUT2D eigenvalue weighted by atomic mass is 10.3. The summed E-state index contributed by atoms with van der Waals surface area (Å²) in [6.07, 6.45) is 2.12. The number of para-hydroxylation sites is 1. The van der Waals surface area contributed by atoms with Gasteiger partial charge in [0.1, 0.15) is 11.6 Å². The van der Waals surface area contributed by atoms with Crippen molar-refractivity contribution in [3.63, 3.8) is 0 Å². The molecule has 0 aliphatic carbocycles. The number of carbonyl (C=O) groups is 2. The minimum Gasteiger partial charge on any atom is -0.484 e. The number of amides is 2. The molecule has 6 nitrogen and oxygen atoms in total. The van der Waals surface area contributed by atoms with Crippen LogP contribution in [-0.4, -0.2) is 28.7 Å². The largest absolute Gasteiger partial charge is 0.484 e. The van der Waals surface area contributed by atoms with E-state index >= 15 is 0 Å². The minimum atomic E-state index is -0.315. The molecule has 3 rings (SSSR count). The first-order chi connectivity index (χ1) is 15.0. The van der Waals surface area contributed by atoms with Crippen LogP contribution >= 0.6 is 23.4 Å². The molecule has 31 heavy (non-hydrogen) atoms. The van der Waals surface area contributed by atoms with Crippen LogP contribution in [0.2, 0.25) is 5.02 Å². The van der Waals surface area contributed by atoms with Crippen molar-refractivity contribution in [2.45, 2.75) is 23.5 Å². The maximum Gasteiger partial charge on any atom is 0.262 e. The second-order valence-corrected chi connectivity index (χ2v) is 8.26. The molecule has 0 radical (unpaired) electrons. The Morgan fingerprint density at radius 3 is 2.58 bits per heavy atom. The molecule has 0 saturated carbocycles. The average Bonchev–Trinajstić information content (AvgIpc) is 2.78. The maximum atomic E-state index is 12.6. The number of aromatic nitrogens is 1. The highest BCUT2D eigenvalue weighted by atomic mass is 35.5. The van der Waals surface area contributed by atoms with Gasteiger partial charge in [0.25, 0.3) is 5.91 Å². The summed E-state index contributed by atoms with van der Waals surface area (Å²) in [6, 6.07) is 19.8. The topological polar surface area (TPSA) is 80.3 Å². The summed E-state index contributed by atoms with van der Waals surface area (Å²) in [5, 5.41) is 5.81. The third-order valence-corrected chi connectivity index (χ3v) is 5.73.